The Morgan fingerprint density at radius 1 is 1.58 bits per heavy atom. The molecule has 0 aromatic heterocycles. The van der Waals surface area contributed by atoms with Gasteiger partial charge in [-0.05, 0) is 12.1 Å². The summed E-state index contributed by atoms with van der Waals surface area (Å²) in [5.74, 6) is 0. The van der Waals surface area contributed by atoms with Crippen LogP contribution < -0.4 is 5.32 Å². The van der Waals surface area contributed by atoms with Gasteiger partial charge in [-0.3, -0.25) is 10.1 Å². The van der Waals surface area contributed by atoms with Gasteiger partial charge in [-0.2, -0.15) is 5.26 Å². The van der Waals surface area contributed by atoms with Crippen molar-refractivity contribution in [3.63, 3.8) is 0 Å². The fourth-order valence-corrected chi connectivity index (χ4v) is 2.07. The Bertz CT molecular complexity index is 549. The van der Waals surface area contributed by atoms with Gasteiger partial charge in [0.05, 0.1) is 35.8 Å². The highest BCUT2D eigenvalue weighted by Crippen LogP contribution is 2.33. The number of hydrogen-bond donors (Lipinski definition) is 1. The van der Waals surface area contributed by atoms with E-state index in [9.17, 15) is 10.1 Å². The van der Waals surface area contributed by atoms with Crippen molar-refractivity contribution in [2.75, 3.05) is 18.5 Å². The Labute approximate surface area is 111 Å². The second-order valence-electron chi connectivity index (χ2n) is 5.30. The summed E-state index contributed by atoms with van der Waals surface area (Å²) < 4.78 is 5.40. The standard InChI is InChI=1S/C13H15N3O3/c1-13(2)8-19-7-12(13)15-10-5-9(6-14)3-4-11(10)16(17)18/h3-5,12,15H,7-8H2,1-2H3/t12-/m1/s1. The van der Waals surface area contributed by atoms with Crippen molar-refractivity contribution in [3.8, 4) is 6.07 Å². The maximum atomic E-state index is 11.0. The third-order valence-corrected chi connectivity index (χ3v) is 3.35. The molecule has 6 heteroatoms. The Kier molecular flexibility index (Phi) is 3.40. The van der Waals surface area contributed by atoms with Crippen LogP contribution in [0.4, 0.5) is 11.4 Å². The van der Waals surface area contributed by atoms with E-state index in [2.05, 4.69) is 5.32 Å². The molecule has 1 N–H and O–H groups in total. The quantitative estimate of drug-likeness (QED) is 0.666. The molecule has 19 heavy (non-hydrogen) atoms. The average molecular weight is 261 g/mol. The Balaban J connectivity index is 2.33. The molecule has 100 valence electrons. The van der Waals surface area contributed by atoms with Gasteiger partial charge in [0, 0.05) is 11.5 Å². The topological polar surface area (TPSA) is 88.2 Å². The number of anilines is 1. The fraction of sp³-hybridized carbons (Fsp3) is 0.462. The number of nitriles is 1. The molecule has 0 spiro atoms. The van der Waals surface area contributed by atoms with Crippen molar-refractivity contribution >= 4 is 11.4 Å². The molecule has 0 bridgehead atoms. The molecule has 6 nitrogen and oxygen atoms in total. The lowest BCUT2D eigenvalue weighted by molar-refractivity contribution is -0.384. The van der Waals surface area contributed by atoms with Crippen LogP contribution in [-0.2, 0) is 4.74 Å². The van der Waals surface area contributed by atoms with E-state index in [0.29, 0.717) is 24.5 Å². The van der Waals surface area contributed by atoms with Crippen LogP contribution in [0.1, 0.15) is 19.4 Å². The molecule has 0 amide bonds. The van der Waals surface area contributed by atoms with Crippen molar-refractivity contribution in [1.82, 2.24) is 0 Å². The summed E-state index contributed by atoms with van der Waals surface area (Å²) in [6.45, 7) is 5.19. The molecule has 0 saturated carbocycles. The number of ether oxygens (including phenoxy) is 1. The zero-order chi connectivity index (χ0) is 14.0. The maximum absolute atomic E-state index is 11.0. The van der Waals surface area contributed by atoms with Crippen LogP contribution in [0.2, 0.25) is 0 Å². The number of nitrogens with one attached hydrogen (secondary N) is 1. The zero-order valence-corrected chi connectivity index (χ0v) is 10.8. The molecule has 1 heterocycles. The van der Waals surface area contributed by atoms with Crippen LogP contribution in [0.3, 0.4) is 0 Å². The van der Waals surface area contributed by atoms with E-state index >= 15 is 0 Å². The van der Waals surface area contributed by atoms with Gasteiger partial charge in [0.25, 0.3) is 5.69 Å². The minimum atomic E-state index is -0.452. The average Bonchev–Trinajstić information content (AvgIpc) is 2.68. The molecule has 1 aromatic carbocycles. The van der Waals surface area contributed by atoms with Gasteiger partial charge in [-0.25, -0.2) is 0 Å². The summed E-state index contributed by atoms with van der Waals surface area (Å²) in [4.78, 5) is 10.6. The number of nitro groups is 1. The number of benzene rings is 1. The van der Waals surface area contributed by atoms with Crippen molar-refractivity contribution in [1.29, 1.82) is 5.26 Å². The van der Waals surface area contributed by atoms with Gasteiger partial charge in [0.1, 0.15) is 5.69 Å². The highest BCUT2D eigenvalue weighted by molar-refractivity contribution is 5.65. The molecule has 1 aromatic rings. The summed E-state index contributed by atoms with van der Waals surface area (Å²) in [7, 11) is 0. The number of nitro benzene ring substituents is 1. The molecule has 1 aliphatic heterocycles. The van der Waals surface area contributed by atoms with E-state index < -0.39 is 4.92 Å². The van der Waals surface area contributed by atoms with Crippen molar-refractivity contribution in [3.05, 3.63) is 33.9 Å². The van der Waals surface area contributed by atoms with E-state index in [-0.39, 0.29) is 17.1 Å². The van der Waals surface area contributed by atoms with Crippen LogP contribution in [0, 0.1) is 26.9 Å². The first-order valence-electron chi connectivity index (χ1n) is 5.97. The van der Waals surface area contributed by atoms with Gasteiger partial charge >= 0.3 is 0 Å². The van der Waals surface area contributed by atoms with Crippen LogP contribution in [0.15, 0.2) is 18.2 Å². The minimum absolute atomic E-state index is 0.0138. The zero-order valence-electron chi connectivity index (χ0n) is 10.8. The van der Waals surface area contributed by atoms with Crippen LogP contribution in [-0.4, -0.2) is 24.2 Å². The summed E-state index contributed by atoms with van der Waals surface area (Å²) in [5, 5.41) is 23.0. The monoisotopic (exact) mass is 261 g/mol. The molecule has 0 radical (unpaired) electrons. The summed E-state index contributed by atoms with van der Waals surface area (Å²) in [6, 6.07) is 6.27. The lowest BCUT2D eigenvalue weighted by Gasteiger charge is -2.26. The molecule has 1 atom stereocenters. The summed E-state index contributed by atoms with van der Waals surface area (Å²) in [6.07, 6.45) is 0. The molecule has 1 aliphatic rings. The highest BCUT2D eigenvalue weighted by Gasteiger charge is 2.36. The first kappa shape index (κ1) is 13.3. The van der Waals surface area contributed by atoms with E-state index in [1.54, 1.807) is 0 Å². The molecule has 0 aliphatic carbocycles. The molecule has 1 saturated heterocycles. The first-order chi connectivity index (χ1) is 8.94. The predicted octanol–water partition coefficient (Wildman–Crippen LogP) is 2.30. The van der Waals surface area contributed by atoms with Crippen molar-refractivity contribution < 1.29 is 9.66 Å². The van der Waals surface area contributed by atoms with Crippen molar-refractivity contribution in [2.45, 2.75) is 19.9 Å². The Morgan fingerprint density at radius 2 is 2.32 bits per heavy atom. The van der Waals surface area contributed by atoms with Crippen LogP contribution in [0.25, 0.3) is 0 Å². The Morgan fingerprint density at radius 3 is 2.84 bits per heavy atom. The van der Waals surface area contributed by atoms with E-state index in [1.165, 1.54) is 18.2 Å². The second-order valence-corrected chi connectivity index (χ2v) is 5.30. The largest absolute Gasteiger partial charge is 0.379 e. The number of rotatable bonds is 3. The fourth-order valence-electron chi connectivity index (χ4n) is 2.07. The third kappa shape index (κ3) is 2.66. The van der Waals surface area contributed by atoms with Crippen molar-refractivity contribution in [2.24, 2.45) is 5.41 Å². The highest BCUT2D eigenvalue weighted by atomic mass is 16.6. The summed E-state index contributed by atoms with van der Waals surface area (Å²) >= 11 is 0. The number of nitrogens with zero attached hydrogens (tertiary/aromatic N) is 2. The molecular formula is C13H15N3O3. The van der Waals surface area contributed by atoms with E-state index in [0.717, 1.165) is 0 Å². The summed E-state index contributed by atoms with van der Waals surface area (Å²) in [5.41, 5.74) is 0.635. The molecule has 2 rings (SSSR count). The SMILES string of the molecule is CC1(C)COC[C@H]1Nc1cc(C#N)ccc1[N+](=O)[O-]. The molecule has 1 fully saturated rings. The lowest BCUT2D eigenvalue weighted by atomic mass is 9.87. The number of hydrogen-bond acceptors (Lipinski definition) is 5. The minimum Gasteiger partial charge on any atom is -0.379 e. The molecular weight excluding hydrogens is 246 g/mol. The normalized spacial score (nSPS) is 20.8. The first-order valence-corrected chi connectivity index (χ1v) is 5.97. The molecule has 0 unspecified atom stereocenters. The Hall–Kier alpha value is -2.13. The van der Waals surface area contributed by atoms with Gasteiger partial charge in [0.2, 0.25) is 0 Å². The van der Waals surface area contributed by atoms with Gasteiger partial charge in [-0.1, -0.05) is 13.8 Å². The third-order valence-electron chi connectivity index (χ3n) is 3.35. The van der Waals surface area contributed by atoms with Gasteiger partial charge < -0.3 is 10.1 Å². The lowest BCUT2D eigenvalue weighted by Crippen LogP contribution is -2.34. The predicted molar refractivity (Wildman–Crippen MR) is 69.8 cm³/mol. The smallest absolute Gasteiger partial charge is 0.292 e. The van der Waals surface area contributed by atoms with Crippen LogP contribution >= 0.6 is 0 Å². The maximum Gasteiger partial charge on any atom is 0.292 e. The van der Waals surface area contributed by atoms with E-state index in [1.807, 2.05) is 19.9 Å². The second kappa shape index (κ2) is 4.86. The van der Waals surface area contributed by atoms with Gasteiger partial charge in [0.15, 0.2) is 0 Å². The van der Waals surface area contributed by atoms with E-state index in [4.69, 9.17) is 10.00 Å². The van der Waals surface area contributed by atoms with Gasteiger partial charge in [-0.15, -0.1) is 0 Å². The van der Waals surface area contributed by atoms with Crippen LogP contribution in [0.5, 0.6) is 0 Å².